The lowest BCUT2D eigenvalue weighted by molar-refractivity contribution is -0.385. The van der Waals surface area contributed by atoms with Gasteiger partial charge in [0.05, 0.1) is 9.85 Å². The highest BCUT2D eigenvalue weighted by atomic mass is 32.2. The molecule has 0 aliphatic heterocycles. The molecule has 0 radical (unpaired) electrons. The number of non-ortho nitro benzene ring substituents is 1. The summed E-state index contributed by atoms with van der Waals surface area (Å²) in [6.07, 6.45) is 0. The Labute approximate surface area is 168 Å². The maximum absolute atomic E-state index is 12.8. The van der Waals surface area contributed by atoms with Crippen molar-refractivity contribution in [1.29, 1.82) is 0 Å². The number of hydrogen-bond acceptors (Lipinski definition) is 7. The van der Waals surface area contributed by atoms with E-state index in [0.717, 1.165) is 11.8 Å². The molecule has 0 atom stereocenters. The van der Waals surface area contributed by atoms with E-state index in [9.17, 15) is 25.0 Å². The van der Waals surface area contributed by atoms with Gasteiger partial charge in [-0.25, -0.2) is 0 Å². The van der Waals surface area contributed by atoms with Crippen molar-refractivity contribution >= 4 is 40.4 Å². The van der Waals surface area contributed by atoms with E-state index in [2.05, 4.69) is 5.32 Å². The number of rotatable bonds is 6. The van der Waals surface area contributed by atoms with Crippen LogP contribution >= 0.6 is 11.8 Å². The van der Waals surface area contributed by atoms with Gasteiger partial charge in [-0.2, -0.15) is 0 Å². The summed E-state index contributed by atoms with van der Waals surface area (Å²) in [6.45, 7) is 0. The average Bonchev–Trinajstić information content (AvgIpc) is 2.70. The molecule has 3 aromatic rings. The van der Waals surface area contributed by atoms with Crippen LogP contribution in [0.5, 0.6) is 0 Å². The van der Waals surface area contributed by atoms with E-state index in [-0.39, 0.29) is 16.9 Å². The van der Waals surface area contributed by atoms with Gasteiger partial charge in [-0.15, -0.1) is 0 Å². The number of nitrogens with zero attached hydrogens (tertiary/aromatic N) is 2. The van der Waals surface area contributed by atoms with Crippen molar-refractivity contribution in [3.63, 3.8) is 0 Å². The predicted octanol–water partition coefficient (Wildman–Crippen LogP) is 4.49. The summed E-state index contributed by atoms with van der Waals surface area (Å²) in [6, 6.07) is 16.4. The molecular weight excluding hydrogens is 396 g/mol. The number of nitrogens with one attached hydrogen (secondary N) is 1. The molecule has 0 unspecified atom stereocenters. The Balaban J connectivity index is 1.95. The number of carbonyl (C=O) groups is 1. The van der Waals surface area contributed by atoms with Crippen molar-refractivity contribution in [2.24, 2.45) is 0 Å². The fraction of sp³-hybridized carbons (Fsp3) is 0. The van der Waals surface area contributed by atoms with E-state index in [1.807, 2.05) is 0 Å². The number of hydrogen-bond donors (Lipinski definition) is 2. The van der Waals surface area contributed by atoms with Crippen LogP contribution in [0.4, 0.5) is 22.7 Å². The van der Waals surface area contributed by atoms with Crippen molar-refractivity contribution in [1.82, 2.24) is 0 Å². The number of benzene rings is 3. The maximum Gasteiger partial charge on any atom is 0.283 e. The molecule has 10 heteroatoms. The number of nitrogens with two attached hydrogens (primary N) is 1. The van der Waals surface area contributed by atoms with Crippen molar-refractivity contribution in [2.75, 3.05) is 11.1 Å². The van der Waals surface area contributed by atoms with E-state index >= 15 is 0 Å². The molecule has 1 amide bonds. The van der Waals surface area contributed by atoms with Gasteiger partial charge in [-0.05, 0) is 42.5 Å². The van der Waals surface area contributed by atoms with Crippen molar-refractivity contribution in [3.8, 4) is 0 Å². The molecule has 0 bridgehead atoms. The third-order valence-electron chi connectivity index (χ3n) is 3.87. The summed E-state index contributed by atoms with van der Waals surface area (Å²) >= 11 is 1.10. The SMILES string of the molecule is Nc1ccc(NC(=O)c2c(Sc3ccc([N+](=O)[O-])cc3)cccc2[N+](=O)[O-])cc1. The lowest BCUT2D eigenvalue weighted by Gasteiger charge is -2.11. The molecule has 29 heavy (non-hydrogen) atoms. The van der Waals surface area contributed by atoms with Gasteiger partial charge in [0, 0.05) is 39.4 Å². The van der Waals surface area contributed by atoms with Gasteiger partial charge in [0.15, 0.2) is 0 Å². The smallest absolute Gasteiger partial charge is 0.283 e. The van der Waals surface area contributed by atoms with Gasteiger partial charge in [0.2, 0.25) is 0 Å². The van der Waals surface area contributed by atoms with E-state index in [1.165, 1.54) is 36.4 Å². The van der Waals surface area contributed by atoms with Crippen LogP contribution in [0.3, 0.4) is 0 Å². The second-order valence-electron chi connectivity index (χ2n) is 5.84. The molecule has 0 saturated carbocycles. The molecule has 0 saturated heterocycles. The minimum absolute atomic E-state index is 0.0743. The molecule has 146 valence electrons. The van der Waals surface area contributed by atoms with Crippen molar-refractivity contribution in [2.45, 2.75) is 9.79 Å². The molecule has 3 rings (SSSR count). The first kappa shape index (κ1) is 19.8. The Morgan fingerprint density at radius 1 is 0.897 bits per heavy atom. The predicted molar refractivity (Wildman–Crippen MR) is 109 cm³/mol. The molecular formula is C19H14N4O5S. The Bertz CT molecular complexity index is 1080. The zero-order valence-corrected chi connectivity index (χ0v) is 15.6. The topological polar surface area (TPSA) is 141 Å². The summed E-state index contributed by atoms with van der Waals surface area (Å²) in [5.41, 5.74) is 6.06. The largest absolute Gasteiger partial charge is 0.399 e. The molecule has 0 fully saturated rings. The molecule has 0 aromatic heterocycles. The summed E-state index contributed by atoms with van der Waals surface area (Å²) in [5.74, 6) is -0.647. The summed E-state index contributed by atoms with van der Waals surface area (Å²) < 4.78 is 0. The van der Waals surface area contributed by atoms with Crippen LogP contribution < -0.4 is 11.1 Å². The van der Waals surface area contributed by atoms with Crippen LogP contribution in [0.25, 0.3) is 0 Å². The minimum atomic E-state index is -0.647. The van der Waals surface area contributed by atoms with Gasteiger partial charge < -0.3 is 11.1 Å². The first-order chi connectivity index (χ1) is 13.8. The Hall–Kier alpha value is -3.92. The third-order valence-corrected chi connectivity index (χ3v) is 4.94. The number of nitro benzene ring substituents is 2. The standard InChI is InChI=1S/C19H14N4O5S/c20-12-4-6-13(7-5-12)21-19(24)18-16(23(27)28)2-1-3-17(18)29-15-10-8-14(9-11-15)22(25)26/h1-11H,20H2,(H,21,24). The van der Waals surface area contributed by atoms with Gasteiger partial charge >= 0.3 is 0 Å². The minimum Gasteiger partial charge on any atom is -0.399 e. The molecule has 0 aliphatic carbocycles. The summed E-state index contributed by atoms with van der Waals surface area (Å²) in [4.78, 5) is 34.9. The van der Waals surface area contributed by atoms with Gasteiger partial charge in [-0.3, -0.25) is 25.0 Å². The zero-order chi connectivity index (χ0) is 21.0. The van der Waals surface area contributed by atoms with Crippen LogP contribution in [0.15, 0.2) is 76.5 Å². The number of anilines is 2. The van der Waals surface area contributed by atoms with Crippen LogP contribution in [-0.4, -0.2) is 15.8 Å². The molecule has 3 N–H and O–H groups in total. The van der Waals surface area contributed by atoms with E-state index in [0.29, 0.717) is 21.2 Å². The number of nitro groups is 2. The van der Waals surface area contributed by atoms with Crippen LogP contribution in [-0.2, 0) is 0 Å². The molecule has 9 nitrogen and oxygen atoms in total. The van der Waals surface area contributed by atoms with E-state index in [4.69, 9.17) is 5.73 Å². The van der Waals surface area contributed by atoms with Gasteiger partial charge in [0.25, 0.3) is 17.3 Å². The third kappa shape index (κ3) is 4.68. The average molecular weight is 410 g/mol. The zero-order valence-electron chi connectivity index (χ0n) is 14.8. The monoisotopic (exact) mass is 410 g/mol. The first-order valence-corrected chi connectivity index (χ1v) is 9.03. The highest BCUT2D eigenvalue weighted by Crippen LogP contribution is 2.36. The first-order valence-electron chi connectivity index (χ1n) is 8.22. The van der Waals surface area contributed by atoms with Gasteiger partial charge in [0.1, 0.15) is 5.56 Å². The highest BCUT2D eigenvalue weighted by Gasteiger charge is 2.25. The van der Waals surface area contributed by atoms with Gasteiger partial charge in [-0.1, -0.05) is 17.8 Å². The van der Waals surface area contributed by atoms with Crippen LogP contribution in [0.1, 0.15) is 10.4 Å². The Kier molecular flexibility index (Phi) is 5.74. The summed E-state index contributed by atoms with van der Waals surface area (Å²) in [5, 5.41) is 24.9. The Morgan fingerprint density at radius 3 is 2.14 bits per heavy atom. The lowest BCUT2D eigenvalue weighted by Crippen LogP contribution is -2.15. The highest BCUT2D eigenvalue weighted by molar-refractivity contribution is 7.99. The molecule has 0 spiro atoms. The quantitative estimate of drug-likeness (QED) is 0.346. The van der Waals surface area contributed by atoms with Crippen LogP contribution in [0.2, 0.25) is 0 Å². The van der Waals surface area contributed by atoms with E-state index < -0.39 is 15.8 Å². The molecule has 0 aliphatic rings. The fourth-order valence-electron chi connectivity index (χ4n) is 2.51. The normalized spacial score (nSPS) is 10.3. The Morgan fingerprint density at radius 2 is 1.55 bits per heavy atom. The second-order valence-corrected chi connectivity index (χ2v) is 6.95. The van der Waals surface area contributed by atoms with E-state index in [1.54, 1.807) is 30.3 Å². The van der Waals surface area contributed by atoms with Crippen molar-refractivity contribution in [3.05, 3.63) is 92.5 Å². The number of nitrogen functional groups attached to an aromatic ring is 1. The number of carbonyl (C=O) groups excluding carboxylic acids is 1. The van der Waals surface area contributed by atoms with Crippen LogP contribution in [0, 0.1) is 20.2 Å². The second kappa shape index (κ2) is 8.40. The molecule has 0 heterocycles. The fourth-order valence-corrected chi connectivity index (χ4v) is 3.48. The number of amides is 1. The summed E-state index contributed by atoms with van der Waals surface area (Å²) in [7, 11) is 0. The lowest BCUT2D eigenvalue weighted by atomic mass is 10.1. The van der Waals surface area contributed by atoms with Crippen molar-refractivity contribution < 1.29 is 14.6 Å². The maximum atomic E-state index is 12.8. The molecule has 3 aromatic carbocycles.